The number of fused-ring (bicyclic) bond motifs is 1. The summed E-state index contributed by atoms with van der Waals surface area (Å²) < 4.78 is 14.0. The Kier molecular flexibility index (Phi) is 6.92. The summed E-state index contributed by atoms with van der Waals surface area (Å²) >= 11 is 0. The van der Waals surface area contributed by atoms with E-state index >= 15 is 0 Å². The monoisotopic (exact) mass is 398 g/mol. The Morgan fingerprint density at radius 2 is 1.70 bits per heavy atom. The standard InChI is InChI=1S/C19H34N4O3S/c1-13(20-2)18(24)21-17(14-7-5-4-6-8-14)19(25)22-11-9-16-15(22)10-12-23(16)27(3)26/h13-17,20H,4-12H2,1-3H3,(H,21,24)/t13-,15?,16?,17?,27?/m0/s1. The molecule has 2 aliphatic heterocycles. The first-order valence-corrected chi connectivity index (χ1v) is 11.8. The molecule has 3 aliphatic rings. The molecular weight excluding hydrogens is 364 g/mol. The van der Waals surface area contributed by atoms with Gasteiger partial charge in [0.1, 0.15) is 6.04 Å². The molecule has 2 saturated heterocycles. The zero-order valence-electron chi connectivity index (χ0n) is 16.8. The van der Waals surface area contributed by atoms with Crippen LogP contribution in [0.4, 0.5) is 0 Å². The molecule has 2 N–H and O–H groups in total. The number of likely N-dealkylation sites (N-methyl/N-ethyl adjacent to an activating group) is 1. The first kappa shape index (κ1) is 20.7. The molecule has 1 aliphatic carbocycles. The summed E-state index contributed by atoms with van der Waals surface area (Å²) in [6.07, 6.45) is 8.92. The molecule has 0 aromatic rings. The summed E-state index contributed by atoms with van der Waals surface area (Å²) in [6, 6.07) is -0.432. The number of carbonyl (C=O) groups is 2. The van der Waals surface area contributed by atoms with Gasteiger partial charge in [-0.3, -0.25) is 9.59 Å². The van der Waals surface area contributed by atoms with E-state index < -0.39 is 17.0 Å². The number of rotatable bonds is 6. The van der Waals surface area contributed by atoms with Crippen LogP contribution in [-0.4, -0.2) is 75.8 Å². The minimum Gasteiger partial charge on any atom is -0.343 e. The van der Waals surface area contributed by atoms with Crippen molar-refractivity contribution in [3.05, 3.63) is 0 Å². The van der Waals surface area contributed by atoms with Crippen molar-refractivity contribution in [1.29, 1.82) is 0 Å². The van der Waals surface area contributed by atoms with Gasteiger partial charge in [-0.2, -0.15) is 0 Å². The predicted molar refractivity (Wildman–Crippen MR) is 106 cm³/mol. The molecule has 0 aromatic heterocycles. The van der Waals surface area contributed by atoms with E-state index in [1.807, 2.05) is 16.1 Å². The van der Waals surface area contributed by atoms with Crippen molar-refractivity contribution in [2.75, 3.05) is 26.4 Å². The molecule has 0 aromatic carbocycles. The molecule has 4 unspecified atom stereocenters. The van der Waals surface area contributed by atoms with Gasteiger partial charge < -0.3 is 15.5 Å². The van der Waals surface area contributed by atoms with Crippen molar-refractivity contribution >= 4 is 22.8 Å². The highest BCUT2D eigenvalue weighted by Crippen LogP contribution is 2.34. The highest BCUT2D eigenvalue weighted by Gasteiger charge is 2.48. The van der Waals surface area contributed by atoms with Gasteiger partial charge in [-0.25, -0.2) is 8.51 Å². The number of nitrogens with zero attached hydrogens (tertiary/aromatic N) is 2. The largest absolute Gasteiger partial charge is 0.343 e. The normalized spacial score (nSPS) is 30.0. The number of nitrogens with one attached hydrogen (secondary N) is 2. The van der Waals surface area contributed by atoms with Gasteiger partial charge in [-0.15, -0.1) is 0 Å². The molecule has 0 radical (unpaired) electrons. The summed E-state index contributed by atoms with van der Waals surface area (Å²) in [5.74, 6) is 0.172. The average molecular weight is 399 g/mol. The van der Waals surface area contributed by atoms with Gasteiger partial charge in [-0.1, -0.05) is 19.3 Å². The van der Waals surface area contributed by atoms with Crippen LogP contribution >= 0.6 is 0 Å². The van der Waals surface area contributed by atoms with E-state index in [-0.39, 0.29) is 35.9 Å². The maximum absolute atomic E-state index is 13.5. The van der Waals surface area contributed by atoms with Crippen molar-refractivity contribution in [3.63, 3.8) is 0 Å². The van der Waals surface area contributed by atoms with Crippen LogP contribution < -0.4 is 10.6 Å². The van der Waals surface area contributed by atoms with Crippen LogP contribution in [-0.2, 0) is 20.6 Å². The van der Waals surface area contributed by atoms with E-state index in [9.17, 15) is 13.8 Å². The van der Waals surface area contributed by atoms with Crippen LogP contribution in [0, 0.1) is 5.92 Å². The summed E-state index contributed by atoms with van der Waals surface area (Å²) in [7, 11) is 0.761. The molecule has 0 bridgehead atoms. The zero-order chi connectivity index (χ0) is 19.6. The van der Waals surface area contributed by atoms with Gasteiger partial charge in [0, 0.05) is 31.4 Å². The molecule has 154 valence electrons. The van der Waals surface area contributed by atoms with Crippen molar-refractivity contribution in [3.8, 4) is 0 Å². The fraction of sp³-hybridized carbons (Fsp3) is 0.895. The van der Waals surface area contributed by atoms with Crippen molar-refractivity contribution in [2.24, 2.45) is 5.92 Å². The SMILES string of the molecule is CN[C@@H](C)C(=O)NC(C(=O)N1CCC2C1CCN2S(C)=O)C1CCCCC1. The Hall–Kier alpha value is -0.990. The highest BCUT2D eigenvalue weighted by molar-refractivity contribution is 7.81. The van der Waals surface area contributed by atoms with Crippen LogP contribution in [0.1, 0.15) is 51.9 Å². The Bertz CT molecular complexity index is 581. The molecule has 2 heterocycles. The maximum atomic E-state index is 13.5. The Morgan fingerprint density at radius 3 is 2.33 bits per heavy atom. The minimum atomic E-state index is -0.994. The molecule has 7 nitrogen and oxygen atoms in total. The van der Waals surface area contributed by atoms with Crippen molar-refractivity contribution < 1.29 is 13.8 Å². The summed E-state index contributed by atoms with van der Waals surface area (Å²) in [5, 5.41) is 6.02. The number of hydrogen-bond acceptors (Lipinski definition) is 4. The van der Waals surface area contributed by atoms with E-state index in [0.29, 0.717) is 6.54 Å². The Labute approximate surface area is 165 Å². The quantitative estimate of drug-likeness (QED) is 0.688. The van der Waals surface area contributed by atoms with E-state index in [4.69, 9.17) is 0 Å². The lowest BCUT2D eigenvalue weighted by Gasteiger charge is -2.35. The fourth-order valence-corrected chi connectivity index (χ4v) is 5.97. The average Bonchev–Trinajstić information content (AvgIpc) is 3.27. The second-order valence-corrected chi connectivity index (χ2v) is 9.52. The lowest BCUT2D eigenvalue weighted by atomic mass is 9.83. The fourth-order valence-electron chi connectivity index (χ4n) is 4.98. The predicted octanol–water partition coefficient (Wildman–Crippen LogP) is 0.628. The molecule has 5 atom stereocenters. The molecule has 1 saturated carbocycles. The third-order valence-corrected chi connectivity index (χ3v) is 7.76. The summed E-state index contributed by atoms with van der Waals surface area (Å²) in [6.45, 7) is 3.29. The molecule has 0 spiro atoms. The second kappa shape index (κ2) is 9.01. The number of carbonyl (C=O) groups excluding carboxylic acids is 2. The van der Waals surface area contributed by atoms with Gasteiger partial charge >= 0.3 is 0 Å². The first-order valence-electron chi connectivity index (χ1n) is 10.3. The highest BCUT2D eigenvalue weighted by atomic mass is 32.2. The van der Waals surface area contributed by atoms with Crippen LogP contribution in [0.5, 0.6) is 0 Å². The third kappa shape index (κ3) is 4.38. The Balaban J connectivity index is 1.74. The van der Waals surface area contributed by atoms with Gasteiger partial charge in [0.2, 0.25) is 11.8 Å². The molecular formula is C19H34N4O3S. The van der Waals surface area contributed by atoms with Crippen molar-refractivity contribution in [1.82, 2.24) is 19.8 Å². The van der Waals surface area contributed by atoms with Crippen LogP contribution in [0.15, 0.2) is 0 Å². The lowest BCUT2D eigenvalue weighted by Crippen LogP contribution is -2.56. The van der Waals surface area contributed by atoms with E-state index in [0.717, 1.165) is 45.1 Å². The topological polar surface area (TPSA) is 81.8 Å². The van der Waals surface area contributed by atoms with Crippen LogP contribution in [0.25, 0.3) is 0 Å². The number of hydrogen-bond donors (Lipinski definition) is 2. The van der Waals surface area contributed by atoms with Crippen LogP contribution in [0.3, 0.4) is 0 Å². The van der Waals surface area contributed by atoms with Gasteiger partial charge in [0.25, 0.3) is 0 Å². The number of amides is 2. The van der Waals surface area contributed by atoms with Gasteiger partial charge in [0.15, 0.2) is 0 Å². The third-order valence-electron chi connectivity index (χ3n) is 6.65. The van der Waals surface area contributed by atoms with E-state index in [1.54, 1.807) is 13.3 Å². The molecule has 27 heavy (non-hydrogen) atoms. The van der Waals surface area contributed by atoms with Gasteiger partial charge in [0.05, 0.1) is 17.0 Å². The van der Waals surface area contributed by atoms with Gasteiger partial charge in [-0.05, 0) is 45.6 Å². The molecule has 3 rings (SSSR count). The number of likely N-dealkylation sites (tertiary alicyclic amines) is 1. The van der Waals surface area contributed by atoms with Crippen LogP contribution in [0.2, 0.25) is 0 Å². The molecule has 3 fully saturated rings. The summed E-state index contributed by atoms with van der Waals surface area (Å²) in [4.78, 5) is 28.0. The van der Waals surface area contributed by atoms with E-state index in [1.165, 1.54) is 6.42 Å². The first-order chi connectivity index (χ1) is 12.9. The molecule has 8 heteroatoms. The van der Waals surface area contributed by atoms with Crippen molar-refractivity contribution in [2.45, 2.75) is 76.0 Å². The second-order valence-electron chi connectivity index (χ2n) is 8.20. The summed E-state index contributed by atoms with van der Waals surface area (Å²) in [5.41, 5.74) is 0. The Morgan fingerprint density at radius 1 is 1.04 bits per heavy atom. The smallest absolute Gasteiger partial charge is 0.245 e. The molecule has 2 amide bonds. The zero-order valence-corrected chi connectivity index (χ0v) is 17.6. The van der Waals surface area contributed by atoms with E-state index in [2.05, 4.69) is 10.6 Å². The maximum Gasteiger partial charge on any atom is 0.245 e. The minimum absolute atomic E-state index is 0.0646. The lowest BCUT2D eigenvalue weighted by molar-refractivity contribution is -0.139.